The molecule has 2 N–H and O–H groups in total. The summed E-state index contributed by atoms with van der Waals surface area (Å²) < 4.78 is 13.7. The molecule has 0 amide bonds. The zero-order valence-electron chi connectivity index (χ0n) is 10.8. The summed E-state index contributed by atoms with van der Waals surface area (Å²) in [5.41, 5.74) is 0.402. The second-order valence-corrected chi connectivity index (χ2v) is 4.81. The van der Waals surface area contributed by atoms with Crippen molar-refractivity contribution in [3.63, 3.8) is 0 Å². The van der Waals surface area contributed by atoms with Crippen molar-refractivity contribution in [1.29, 1.82) is 0 Å². The third-order valence-electron chi connectivity index (χ3n) is 2.90. The minimum atomic E-state index is -0.850. The topological polar surface area (TPSA) is 75.4 Å². The molecule has 0 radical (unpaired) electrons. The van der Waals surface area contributed by atoms with Gasteiger partial charge in [-0.3, -0.25) is 10.1 Å². The van der Waals surface area contributed by atoms with Gasteiger partial charge in [0.1, 0.15) is 0 Å². The Hall–Kier alpha value is -2.18. The molecule has 1 atom stereocenters. The Morgan fingerprint density at radius 2 is 1.95 bits per heavy atom. The molecule has 0 bridgehead atoms. The maximum atomic E-state index is 13.7. The number of aliphatic hydroxyl groups excluding tert-OH is 1. The van der Waals surface area contributed by atoms with Gasteiger partial charge in [0.25, 0.3) is 5.69 Å². The van der Waals surface area contributed by atoms with Crippen molar-refractivity contribution < 1.29 is 14.4 Å². The zero-order valence-corrected chi connectivity index (χ0v) is 11.5. The number of nitro groups is 1. The summed E-state index contributed by atoms with van der Waals surface area (Å²) in [4.78, 5) is 9.84. The lowest BCUT2D eigenvalue weighted by Crippen LogP contribution is -2.13. The molecule has 0 heterocycles. The predicted molar refractivity (Wildman–Crippen MR) is 78.0 cm³/mol. The lowest BCUT2D eigenvalue weighted by Gasteiger charge is -2.13. The minimum Gasteiger partial charge on any atom is -0.387 e. The molecule has 0 saturated carbocycles. The fourth-order valence-corrected chi connectivity index (χ4v) is 1.90. The van der Waals surface area contributed by atoms with E-state index in [4.69, 9.17) is 11.6 Å². The van der Waals surface area contributed by atoms with Crippen LogP contribution in [0.2, 0.25) is 5.02 Å². The number of rotatable bonds is 5. The number of anilines is 1. The molecule has 0 saturated heterocycles. The van der Waals surface area contributed by atoms with Crippen LogP contribution in [0.3, 0.4) is 0 Å². The number of benzene rings is 2. The molecular weight excluding hydrogens is 299 g/mol. The van der Waals surface area contributed by atoms with Crippen LogP contribution < -0.4 is 5.32 Å². The van der Waals surface area contributed by atoms with Crippen molar-refractivity contribution >= 4 is 23.0 Å². The number of nitrogens with zero attached hydrogens (tertiary/aromatic N) is 1. The number of halogens is 2. The smallest absolute Gasteiger partial charge is 0.272 e. The largest absolute Gasteiger partial charge is 0.387 e. The monoisotopic (exact) mass is 310 g/mol. The van der Waals surface area contributed by atoms with Gasteiger partial charge in [-0.15, -0.1) is 0 Å². The van der Waals surface area contributed by atoms with Crippen molar-refractivity contribution in [2.45, 2.75) is 6.10 Å². The van der Waals surface area contributed by atoms with Gasteiger partial charge in [0, 0.05) is 17.6 Å². The van der Waals surface area contributed by atoms with Gasteiger partial charge < -0.3 is 10.4 Å². The van der Waals surface area contributed by atoms with Gasteiger partial charge in [0.05, 0.1) is 22.8 Å². The van der Waals surface area contributed by atoms with Crippen molar-refractivity contribution in [1.82, 2.24) is 0 Å². The van der Waals surface area contributed by atoms with E-state index >= 15 is 0 Å². The quantitative estimate of drug-likeness (QED) is 0.654. The van der Waals surface area contributed by atoms with E-state index in [2.05, 4.69) is 5.32 Å². The average molecular weight is 311 g/mol. The van der Waals surface area contributed by atoms with Crippen LogP contribution in [0, 0.1) is 15.9 Å². The molecule has 2 aromatic carbocycles. The Kier molecular flexibility index (Phi) is 4.72. The third-order valence-corrected chi connectivity index (χ3v) is 3.16. The van der Waals surface area contributed by atoms with E-state index in [-0.39, 0.29) is 17.9 Å². The Morgan fingerprint density at radius 1 is 1.29 bits per heavy atom. The highest BCUT2D eigenvalue weighted by molar-refractivity contribution is 6.30. The fraction of sp³-hybridized carbons (Fsp3) is 0.143. The molecule has 0 spiro atoms. The molecule has 21 heavy (non-hydrogen) atoms. The summed E-state index contributed by atoms with van der Waals surface area (Å²) in [7, 11) is 0. The molecule has 110 valence electrons. The molecule has 0 aliphatic heterocycles. The van der Waals surface area contributed by atoms with E-state index in [0.717, 1.165) is 6.07 Å². The summed E-state index contributed by atoms with van der Waals surface area (Å²) >= 11 is 5.75. The van der Waals surface area contributed by atoms with Crippen LogP contribution in [0.25, 0.3) is 0 Å². The first kappa shape index (κ1) is 15.2. The van der Waals surface area contributed by atoms with E-state index in [9.17, 15) is 19.6 Å². The first-order valence-corrected chi connectivity index (χ1v) is 6.46. The highest BCUT2D eigenvalue weighted by Gasteiger charge is 2.12. The van der Waals surface area contributed by atoms with Crippen LogP contribution in [0.5, 0.6) is 0 Å². The van der Waals surface area contributed by atoms with Crippen LogP contribution in [-0.2, 0) is 0 Å². The van der Waals surface area contributed by atoms with Gasteiger partial charge in [-0.05, 0) is 23.8 Å². The first-order chi connectivity index (χ1) is 9.97. The summed E-state index contributed by atoms with van der Waals surface area (Å²) in [6.07, 6.45) is -0.850. The lowest BCUT2D eigenvalue weighted by atomic mass is 10.1. The summed E-state index contributed by atoms with van der Waals surface area (Å²) in [6.45, 7) is 0.0658. The van der Waals surface area contributed by atoms with Crippen molar-refractivity contribution in [3.8, 4) is 0 Å². The standard InChI is InChI=1S/C14H12ClFN2O3/c15-10-3-1-9(2-4-10)14(19)8-17-13-6-5-11(18(20)21)7-12(13)16/h1-7,14,17,19H,8H2. The highest BCUT2D eigenvalue weighted by atomic mass is 35.5. The maximum Gasteiger partial charge on any atom is 0.272 e. The van der Waals surface area contributed by atoms with Crippen molar-refractivity contribution in [2.75, 3.05) is 11.9 Å². The van der Waals surface area contributed by atoms with Gasteiger partial charge in [0.2, 0.25) is 0 Å². The van der Waals surface area contributed by atoms with E-state index in [1.54, 1.807) is 24.3 Å². The van der Waals surface area contributed by atoms with Crippen LogP contribution >= 0.6 is 11.6 Å². The Morgan fingerprint density at radius 3 is 2.52 bits per heavy atom. The molecule has 1 unspecified atom stereocenters. The van der Waals surface area contributed by atoms with Crippen LogP contribution in [0.4, 0.5) is 15.8 Å². The van der Waals surface area contributed by atoms with E-state index in [0.29, 0.717) is 10.6 Å². The molecule has 0 aromatic heterocycles. The molecule has 0 fully saturated rings. The maximum absolute atomic E-state index is 13.7. The second kappa shape index (κ2) is 6.51. The van der Waals surface area contributed by atoms with E-state index in [1.165, 1.54) is 12.1 Å². The van der Waals surface area contributed by atoms with Gasteiger partial charge >= 0.3 is 0 Å². The lowest BCUT2D eigenvalue weighted by molar-refractivity contribution is -0.385. The van der Waals surface area contributed by atoms with Gasteiger partial charge in [-0.25, -0.2) is 4.39 Å². The molecule has 0 aliphatic rings. The number of nitrogens with one attached hydrogen (secondary N) is 1. The van der Waals surface area contributed by atoms with Gasteiger partial charge in [-0.2, -0.15) is 0 Å². The number of non-ortho nitro benzene ring substituents is 1. The summed E-state index contributed by atoms with van der Waals surface area (Å²) in [5, 5.41) is 23.7. The van der Waals surface area contributed by atoms with E-state index in [1.807, 2.05) is 0 Å². The molecule has 7 heteroatoms. The Balaban J connectivity index is 2.02. The normalized spacial score (nSPS) is 12.0. The number of hydrogen-bond acceptors (Lipinski definition) is 4. The van der Waals surface area contributed by atoms with Crippen molar-refractivity contribution in [3.05, 3.63) is 69.0 Å². The minimum absolute atomic E-state index is 0.0658. The van der Waals surface area contributed by atoms with Crippen molar-refractivity contribution in [2.24, 2.45) is 0 Å². The zero-order chi connectivity index (χ0) is 15.4. The SMILES string of the molecule is O=[N+]([O-])c1ccc(NCC(O)c2ccc(Cl)cc2)c(F)c1. The number of nitro benzene ring substituents is 1. The molecule has 5 nitrogen and oxygen atoms in total. The molecular formula is C14H12ClFN2O3. The van der Waals surface area contributed by atoms with Gasteiger partial charge in [0.15, 0.2) is 5.82 Å². The van der Waals surface area contributed by atoms with E-state index < -0.39 is 16.8 Å². The predicted octanol–water partition coefficient (Wildman–Crippen LogP) is 3.53. The van der Waals surface area contributed by atoms with Crippen LogP contribution in [0.1, 0.15) is 11.7 Å². The molecule has 0 aliphatic carbocycles. The van der Waals surface area contributed by atoms with Crippen LogP contribution in [0.15, 0.2) is 42.5 Å². The Labute approximate surface area is 125 Å². The van der Waals surface area contributed by atoms with Crippen LogP contribution in [-0.4, -0.2) is 16.6 Å². The third kappa shape index (κ3) is 3.90. The second-order valence-electron chi connectivity index (χ2n) is 4.37. The molecule has 2 rings (SSSR count). The fourth-order valence-electron chi connectivity index (χ4n) is 1.77. The highest BCUT2D eigenvalue weighted by Crippen LogP contribution is 2.22. The Bertz CT molecular complexity index is 649. The first-order valence-electron chi connectivity index (χ1n) is 6.08. The number of aliphatic hydroxyl groups is 1. The van der Waals surface area contributed by atoms with Gasteiger partial charge in [-0.1, -0.05) is 23.7 Å². The molecule has 2 aromatic rings. The number of hydrogen-bond donors (Lipinski definition) is 2. The summed E-state index contributed by atoms with van der Waals surface area (Å²) in [6, 6.07) is 9.92. The average Bonchev–Trinajstić information content (AvgIpc) is 2.46. The summed E-state index contributed by atoms with van der Waals surface area (Å²) in [5.74, 6) is -0.743.